The summed E-state index contributed by atoms with van der Waals surface area (Å²) in [6.45, 7) is 13.6. The van der Waals surface area contributed by atoms with Gasteiger partial charge in [0, 0.05) is 24.4 Å². The van der Waals surface area contributed by atoms with Crippen molar-refractivity contribution in [3.8, 4) is 5.75 Å². The summed E-state index contributed by atoms with van der Waals surface area (Å²) in [7, 11) is 1.51. The number of fused-ring (bicyclic) bond motifs is 1. The predicted octanol–water partition coefficient (Wildman–Crippen LogP) is 3.53. The number of amides is 4. The summed E-state index contributed by atoms with van der Waals surface area (Å²) < 4.78 is 5.25. The molecule has 46 heavy (non-hydrogen) atoms. The molecule has 1 aromatic carbocycles. The van der Waals surface area contributed by atoms with Crippen molar-refractivity contribution < 1.29 is 33.5 Å². The van der Waals surface area contributed by atoms with Gasteiger partial charge in [-0.25, -0.2) is 4.79 Å². The van der Waals surface area contributed by atoms with Crippen molar-refractivity contribution in [1.29, 1.82) is 0 Å². The summed E-state index contributed by atoms with van der Waals surface area (Å²) in [5, 5.41) is 5.60. The molecular formula is C35H50N4O7. The van der Waals surface area contributed by atoms with Crippen molar-refractivity contribution in [3.63, 3.8) is 0 Å². The van der Waals surface area contributed by atoms with E-state index in [2.05, 4.69) is 24.5 Å². The number of nitrogens with zero attached hydrogens (tertiary/aromatic N) is 1. The van der Waals surface area contributed by atoms with Crippen molar-refractivity contribution in [3.05, 3.63) is 29.8 Å². The number of piperidine rings is 1. The third-order valence-electron chi connectivity index (χ3n) is 10.2. The van der Waals surface area contributed by atoms with Crippen LogP contribution < -0.4 is 21.1 Å². The molecule has 0 spiro atoms. The third-order valence-corrected chi connectivity index (χ3v) is 10.2. The average Bonchev–Trinajstić information content (AvgIpc) is 3.83. The summed E-state index contributed by atoms with van der Waals surface area (Å²) in [4.78, 5) is 81.1. The molecule has 6 atom stereocenters. The predicted molar refractivity (Wildman–Crippen MR) is 172 cm³/mol. The molecule has 3 fully saturated rings. The molecule has 0 aromatic heterocycles. The summed E-state index contributed by atoms with van der Waals surface area (Å²) in [6.07, 6.45) is 2.19. The lowest BCUT2D eigenvalue weighted by Gasteiger charge is -2.38. The number of hydrogen-bond donors (Lipinski definition) is 3. The standard InChI is InChI=1S/C35H50N4O7/c1-18(2)26(28(41)20-10-9-11-22(15-20)46-8)37-33(45)38-30(34(3,4)5)32(44)39-17-23-25(35(23,6)7)27(39)24(40)16-21(14-19-12-13-19)29(42)31(36)43/h9-11,15,18-19,21,23,25-27,30H,12-14,16-17H2,1-8H3,(H2,36,43)(H2,37,38,45)/t21?,23-,25-,26-,27+,30+/m0/s1. The zero-order chi connectivity index (χ0) is 34.3. The number of carbonyl (C=O) groups is 6. The van der Waals surface area contributed by atoms with Gasteiger partial charge in [0.05, 0.1) is 19.2 Å². The Bertz CT molecular complexity index is 1390. The molecule has 1 heterocycles. The number of benzene rings is 1. The lowest BCUT2D eigenvalue weighted by molar-refractivity contribution is -0.144. The van der Waals surface area contributed by atoms with Gasteiger partial charge in [0.15, 0.2) is 11.6 Å². The number of Topliss-reactive ketones (excluding diaryl/α,β-unsaturated/α-hetero) is 3. The Morgan fingerprint density at radius 3 is 2.26 bits per heavy atom. The van der Waals surface area contributed by atoms with Crippen LogP contribution in [0.25, 0.3) is 0 Å². The Balaban J connectivity index is 1.53. The van der Waals surface area contributed by atoms with Crippen LogP contribution in [0.4, 0.5) is 4.79 Å². The summed E-state index contributed by atoms with van der Waals surface area (Å²) >= 11 is 0. The van der Waals surface area contributed by atoms with Crippen molar-refractivity contribution in [2.24, 2.45) is 46.2 Å². The van der Waals surface area contributed by atoms with Gasteiger partial charge in [0.1, 0.15) is 11.8 Å². The Morgan fingerprint density at radius 2 is 1.72 bits per heavy atom. The minimum Gasteiger partial charge on any atom is -0.497 e. The SMILES string of the molecule is COc1cccc(C(=O)[C@@H](NC(=O)N[C@H](C(=O)N2C[C@H]3[C@@H]([C@H]2C(=O)CC(CC2CC2)C(=O)C(N)=O)C3(C)C)C(C)(C)C)C(C)C)c1. The molecule has 0 bridgehead atoms. The molecule has 1 saturated heterocycles. The highest BCUT2D eigenvalue weighted by atomic mass is 16.5. The molecule has 252 valence electrons. The van der Waals surface area contributed by atoms with E-state index in [1.54, 1.807) is 29.2 Å². The van der Waals surface area contributed by atoms with Crippen molar-refractivity contribution in [2.45, 2.75) is 92.3 Å². The molecule has 4 amide bonds. The number of rotatable bonds is 14. The number of urea groups is 1. The fourth-order valence-electron chi connectivity index (χ4n) is 7.11. The first-order valence-corrected chi connectivity index (χ1v) is 16.3. The lowest BCUT2D eigenvalue weighted by Crippen LogP contribution is -2.61. The monoisotopic (exact) mass is 638 g/mol. The first kappa shape index (κ1) is 35.1. The van der Waals surface area contributed by atoms with Crippen LogP contribution >= 0.6 is 0 Å². The summed E-state index contributed by atoms with van der Waals surface area (Å²) in [5.74, 6) is -2.96. The number of ether oxygens (including phenoxy) is 1. The fraction of sp³-hybridized carbons (Fsp3) is 0.657. The molecular weight excluding hydrogens is 588 g/mol. The number of ketones is 3. The van der Waals surface area contributed by atoms with E-state index in [0.717, 1.165) is 12.8 Å². The molecule has 1 aromatic rings. The smallest absolute Gasteiger partial charge is 0.316 e. The van der Waals surface area contributed by atoms with Crippen LogP contribution in [-0.2, 0) is 19.2 Å². The van der Waals surface area contributed by atoms with Crippen LogP contribution in [-0.4, -0.2) is 71.9 Å². The van der Waals surface area contributed by atoms with Crippen molar-refractivity contribution in [2.75, 3.05) is 13.7 Å². The molecule has 0 radical (unpaired) electrons. The maximum Gasteiger partial charge on any atom is 0.316 e. The number of nitrogens with two attached hydrogens (primary N) is 1. The van der Waals surface area contributed by atoms with E-state index in [0.29, 0.717) is 30.2 Å². The van der Waals surface area contributed by atoms with Gasteiger partial charge in [-0.1, -0.05) is 73.4 Å². The van der Waals surface area contributed by atoms with Crippen LogP contribution in [0.5, 0.6) is 5.75 Å². The van der Waals surface area contributed by atoms with E-state index in [1.807, 2.05) is 34.6 Å². The van der Waals surface area contributed by atoms with E-state index < -0.39 is 53.1 Å². The molecule has 2 saturated carbocycles. The van der Waals surface area contributed by atoms with Crippen LogP contribution in [0.1, 0.15) is 84.5 Å². The quantitative estimate of drug-likeness (QED) is 0.207. The molecule has 1 aliphatic heterocycles. The minimum absolute atomic E-state index is 0.0885. The molecule has 1 unspecified atom stereocenters. The summed E-state index contributed by atoms with van der Waals surface area (Å²) in [6, 6.07) is 3.37. The van der Waals surface area contributed by atoms with E-state index >= 15 is 0 Å². The van der Waals surface area contributed by atoms with Crippen molar-refractivity contribution in [1.82, 2.24) is 15.5 Å². The third kappa shape index (κ3) is 7.44. The zero-order valence-electron chi connectivity index (χ0n) is 28.3. The van der Waals surface area contributed by atoms with Gasteiger partial charge < -0.3 is 26.0 Å². The van der Waals surface area contributed by atoms with E-state index in [4.69, 9.17) is 10.5 Å². The van der Waals surface area contributed by atoms with Gasteiger partial charge in [0.25, 0.3) is 5.91 Å². The molecule has 2 aliphatic carbocycles. The molecule has 11 heteroatoms. The second kappa shape index (κ2) is 13.2. The van der Waals surface area contributed by atoms with E-state index in [1.165, 1.54) is 7.11 Å². The van der Waals surface area contributed by atoms with Gasteiger partial charge in [-0.05, 0) is 53.1 Å². The Labute approximate surface area is 271 Å². The van der Waals surface area contributed by atoms with Gasteiger partial charge in [-0.15, -0.1) is 0 Å². The molecule has 11 nitrogen and oxygen atoms in total. The van der Waals surface area contributed by atoms with Crippen molar-refractivity contribution >= 4 is 35.2 Å². The second-order valence-electron chi connectivity index (χ2n) is 15.4. The van der Waals surface area contributed by atoms with E-state index in [9.17, 15) is 28.8 Å². The number of likely N-dealkylation sites (tertiary alicyclic amines) is 1. The first-order chi connectivity index (χ1) is 21.4. The molecule has 3 aliphatic rings. The molecule has 4 rings (SSSR count). The van der Waals surface area contributed by atoms with Gasteiger partial charge in [0.2, 0.25) is 11.7 Å². The minimum atomic E-state index is -1.05. The number of primary amides is 1. The van der Waals surface area contributed by atoms with Gasteiger partial charge in [-0.3, -0.25) is 24.0 Å². The maximum atomic E-state index is 14.3. The van der Waals surface area contributed by atoms with Gasteiger partial charge in [-0.2, -0.15) is 0 Å². The number of nitrogens with one attached hydrogen (secondary N) is 2. The normalized spacial score (nSPS) is 23.5. The Morgan fingerprint density at radius 1 is 1.07 bits per heavy atom. The number of hydrogen-bond acceptors (Lipinski definition) is 7. The summed E-state index contributed by atoms with van der Waals surface area (Å²) in [5.41, 5.74) is 4.81. The second-order valence-corrected chi connectivity index (χ2v) is 15.4. The largest absolute Gasteiger partial charge is 0.497 e. The Kier molecular flexibility index (Phi) is 10.0. The highest BCUT2D eigenvalue weighted by molar-refractivity contribution is 6.36. The fourth-order valence-corrected chi connectivity index (χ4v) is 7.11. The Hall–Kier alpha value is -3.76. The maximum absolute atomic E-state index is 14.3. The van der Waals surface area contributed by atoms with Crippen LogP contribution in [0.3, 0.4) is 0 Å². The van der Waals surface area contributed by atoms with Gasteiger partial charge >= 0.3 is 6.03 Å². The highest BCUT2D eigenvalue weighted by Crippen LogP contribution is 2.65. The lowest BCUT2D eigenvalue weighted by atomic mass is 9.84. The number of methoxy groups -OCH3 is 1. The van der Waals surface area contributed by atoms with Crippen LogP contribution in [0.15, 0.2) is 24.3 Å². The highest BCUT2D eigenvalue weighted by Gasteiger charge is 2.69. The molecule has 4 N–H and O–H groups in total. The number of carbonyl (C=O) groups excluding carboxylic acids is 6. The zero-order valence-corrected chi connectivity index (χ0v) is 28.3. The topological polar surface area (TPSA) is 165 Å². The van der Waals surface area contributed by atoms with E-state index in [-0.39, 0.29) is 41.2 Å². The van der Waals surface area contributed by atoms with Crippen LogP contribution in [0.2, 0.25) is 0 Å². The average molecular weight is 639 g/mol. The van der Waals surface area contributed by atoms with Crippen LogP contribution in [0, 0.1) is 40.4 Å². The first-order valence-electron chi connectivity index (χ1n) is 16.3.